The van der Waals surface area contributed by atoms with Crippen LogP contribution in [-0.4, -0.2) is 42.9 Å². The molecule has 172 valence electrons. The molecule has 1 amide bonds. The maximum absolute atomic E-state index is 12.4. The summed E-state index contributed by atoms with van der Waals surface area (Å²) in [6.07, 6.45) is 1.66. The number of nitrogens with two attached hydrogens (primary N) is 1. The molecule has 0 saturated carbocycles. The van der Waals surface area contributed by atoms with Gasteiger partial charge < -0.3 is 14.8 Å². The third kappa shape index (κ3) is 6.15. The molecule has 0 unspecified atom stereocenters. The SMILES string of the molecule is CCCn1c(CCC(=O)NCc2ccc(CN(C)C)cc2)nc2cc(S(N)(=O)=O)ccc21. The van der Waals surface area contributed by atoms with Crippen molar-refractivity contribution in [1.82, 2.24) is 19.8 Å². The summed E-state index contributed by atoms with van der Waals surface area (Å²) >= 11 is 0. The third-order valence-electron chi connectivity index (χ3n) is 5.16. The number of nitrogens with zero attached hydrogens (tertiary/aromatic N) is 3. The second-order valence-corrected chi connectivity index (χ2v) is 9.77. The summed E-state index contributed by atoms with van der Waals surface area (Å²) in [6, 6.07) is 12.9. The van der Waals surface area contributed by atoms with E-state index in [9.17, 15) is 13.2 Å². The fraction of sp³-hybridized carbons (Fsp3) is 0.391. The number of carbonyl (C=O) groups is 1. The number of aromatic nitrogens is 2. The van der Waals surface area contributed by atoms with Crippen LogP contribution in [0.2, 0.25) is 0 Å². The predicted octanol–water partition coefficient (Wildman–Crippen LogP) is 2.40. The van der Waals surface area contributed by atoms with Crippen molar-refractivity contribution in [3.8, 4) is 0 Å². The minimum Gasteiger partial charge on any atom is -0.352 e. The fourth-order valence-electron chi connectivity index (χ4n) is 3.64. The van der Waals surface area contributed by atoms with E-state index in [1.165, 1.54) is 17.7 Å². The van der Waals surface area contributed by atoms with Gasteiger partial charge in [0.1, 0.15) is 5.82 Å². The van der Waals surface area contributed by atoms with Crippen molar-refractivity contribution in [2.45, 2.75) is 50.7 Å². The van der Waals surface area contributed by atoms with Gasteiger partial charge in [-0.1, -0.05) is 31.2 Å². The third-order valence-corrected chi connectivity index (χ3v) is 6.07. The van der Waals surface area contributed by atoms with Gasteiger partial charge in [-0.3, -0.25) is 4.79 Å². The van der Waals surface area contributed by atoms with E-state index in [-0.39, 0.29) is 10.8 Å². The molecule has 3 aromatic rings. The normalized spacial score (nSPS) is 11.9. The summed E-state index contributed by atoms with van der Waals surface area (Å²) in [5.41, 5.74) is 3.69. The first-order valence-corrected chi connectivity index (χ1v) is 12.2. The molecule has 0 saturated heterocycles. The van der Waals surface area contributed by atoms with Crippen LogP contribution >= 0.6 is 0 Å². The first-order chi connectivity index (χ1) is 15.2. The van der Waals surface area contributed by atoms with Crippen molar-refractivity contribution in [3.63, 3.8) is 0 Å². The number of primary sulfonamides is 1. The second-order valence-electron chi connectivity index (χ2n) is 8.21. The summed E-state index contributed by atoms with van der Waals surface area (Å²) in [7, 11) is 0.265. The Morgan fingerprint density at radius 1 is 1.12 bits per heavy atom. The number of imidazole rings is 1. The van der Waals surface area contributed by atoms with Crippen LogP contribution in [0.5, 0.6) is 0 Å². The van der Waals surface area contributed by atoms with Crippen molar-refractivity contribution in [2.75, 3.05) is 14.1 Å². The maximum atomic E-state index is 12.4. The summed E-state index contributed by atoms with van der Waals surface area (Å²) in [5.74, 6) is 0.708. The molecule has 1 aromatic heterocycles. The number of rotatable bonds is 10. The van der Waals surface area contributed by atoms with Gasteiger partial charge in [-0.05, 0) is 49.8 Å². The molecule has 0 radical (unpaired) electrons. The number of amides is 1. The van der Waals surface area contributed by atoms with Crippen LogP contribution in [0.1, 0.15) is 36.7 Å². The molecule has 0 aliphatic heterocycles. The lowest BCUT2D eigenvalue weighted by Gasteiger charge is -2.11. The molecule has 0 atom stereocenters. The maximum Gasteiger partial charge on any atom is 0.238 e. The van der Waals surface area contributed by atoms with E-state index < -0.39 is 10.0 Å². The highest BCUT2D eigenvalue weighted by atomic mass is 32.2. The predicted molar refractivity (Wildman–Crippen MR) is 125 cm³/mol. The molecule has 0 aliphatic rings. The van der Waals surface area contributed by atoms with Crippen LogP contribution in [0, 0.1) is 0 Å². The molecule has 1 heterocycles. The van der Waals surface area contributed by atoms with Gasteiger partial charge in [0, 0.05) is 32.5 Å². The molecule has 8 nitrogen and oxygen atoms in total. The van der Waals surface area contributed by atoms with Crippen LogP contribution in [0.3, 0.4) is 0 Å². The van der Waals surface area contributed by atoms with Gasteiger partial charge >= 0.3 is 0 Å². The van der Waals surface area contributed by atoms with Crippen molar-refractivity contribution < 1.29 is 13.2 Å². The van der Waals surface area contributed by atoms with Gasteiger partial charge in [0.2, 0.25) is 15.9 Å². The number of fused-ring (bicyclic) bond motifs is 1. The Hall–Kier alpha value is -2.75. The van der Waals surface area contributed by atoms with Gasteiger partial charge in [-0.2, -0.15) is 0 Å². The van der Waals surface area contributed by atoms with Gasteiger partial charge in [0.15, 0.2) is 0 Å². The molecule has 2 aromatic carbocycles. The summed E-state index contributed by atoms with van der Waals surface area (Å²) < 4.78 is 25.3. The number of nitrogens with one attached hydrogen (secondary N) is 1. The highest BCUT2D eigenvalue weighted by Crippen LogP contribution is 2.21. The molecule has 9 heteroatoms. The molecular formula is C23H31N5O3S. The molecule has 0 fully saturated rings. The van der Waals surface area contributed by atoms with Crippen molar-refractivity contribution in [3.05, 3.63) is 59.4 Å². The topological polar surface area (TPSA) is 110 Å². The molecule has 0 spiro atoms. The van der Waals surface area contributed by atoms with Crippen molar-refractivity contribution in [1.29, 1.82) is 0 Å². The Balaban J connectivity index is 1.64. The zero-order valence-electron chi connectivity index (χ0n) is 18.8. The molecule has 0 aliphatic carbocycles. The fourth-order valence-corrected chi connectivity index (χ4v) is 4.18. The number of sulfonamides is 1. The highest BCUT2D eigenvalue weighted by Gasteiger charge is 2.15. The van der Waals surface area contributed by atoms with Crippen molar-refractivity contribution >= 4 is 27.0 Å². The van der Waals surface area contributed by atoms with Crippen LogP contribution in [0.25, 0.3) is 11.0 Å². The minimum atomic E-state index is -3.79. The number of hydrogen-bond donors (Lipinski definition) is 2. The summed E-state index contributed by atoms with van der Waals surface area (Å²) in [6.45, 7) is 4.15. The standard InChI is InChI=1S/C23H31N5O3S/c1-4-13-28-21-10-9-19(32(24,30)31)14-20(21)26-22(28)11-12-23(29)25-15-17-5-7-18(8-6-17)16-27(2)3/h5-10,14H,4,11-13,15-16H2,1-3H3,(H,25,29)(H2,24,30,31). The number of carbonyl (C=O) groups excluding carboxylic acids is 1. The first kappa shape index (κ1) is 23.9. The number of hydrogen-bond acceptors (Lipinski definition) is 5. The van der Waals surface area contributed by atoms with E-state index >= 15 is 0 Å². The Kier molecular flexibility index (Phi) is 7.65. The molecule has 3 N–H and O–H groups in total. The monoisotopic (exact) mass is 457 g/mol. The van der Waals surface area contributed by atoms with Crippen LogP contribution in [-0.2, 0) is 40.9 Å². The number of aryl methyl sites for hydroxylation is 2. The van der Waals surface area contributed by atoms with Gasteiger partial charge in [0.05, 0.1) is 15.9 Å². The molecular weight excluding hydrogens is 426 g/mol. The summed E-state index contributed by atoms with van der Waals surface area (Å²) in [4.78, 5) is 19.2. The second kappa shape index (κ2) is 10.2. The van der Waals surface area contributed by atoms with E-state index in [2.05, 4.69) is 34.3 Å². The summed E-state index contributed by atoms with van der Waals surface area (Å²) in [5, 5.41) is 8.20. The zero-order valence-corrected chi connectivity index (χ0v) is 19.7. The lowest BCUT2D eigenvalue weighted by Crippen LogP contribution is -2.23. The molecule has 0 bridgehead atoms. The number of benzene rings is 2. The Bertz CT molecular complexity index is 1180. The van der Waals surface area contributed by atoms with Crippen molar-refractivity contribution in [2.24, 2.45) is 5.14 Å². The van der Waals surface area contributed by atoms with Gasteiger partial charge in [0.25, 0.3) is 0 Å². The van der Waals surface area contributed by atoms with E-state index in [1.807, 2.05) is 30.8 Å². The largest absolute Gasteiger partial charge is 0.352 e. The first-order valence-electron chi connectivity index (χ1n) is 10.7. The molecule has 3 rings (SSSR count). The highest BCUT2D eigenvalue weighted by molar-refractivity contribution is 7.89. The lowest BCUT2D eigenvalue weighted by molar-refractivity contribution is -0.121. The van der Waals surface area contributed by atoms with Gasteiger partial charge in [-0.25, -0.2) is 18.5 Å². The average molecular weight is 458 g/mol. The van der Waals surface area contributed by atoms with Crippen LogP contribution in [0.15, 0.2) is 47.4 Å². The Morgan fingerprint density at radius 3 is 2.44 bits per heavy atom. The Labute approximate surface area is 189 Å². The smallest absolute Gasteiger partial charge is 0.238 e. The lowest BCUT2D eigenvalue weighted by atomic mass is 10.1. The Morgan fingerprint density at radius 2 is 1.81 bits per heavy atom. The van der Waals surface area contributed by atoms with Crippen LogP contribution < -0.4 is 10.5 Å². The quantitative estimate of drug-likeness (QED) is 0.486. The van der Waals surface area contributed by atoms with E-state index in [4.69, 9.17) is 5.14 Å². The van der Waals surface area contributed by atoms with E-state index in [1.54, 1.807) is 6.07 Å². The molecule has 32 heavy (non-hydrogen) atoms. The van der Waals surface area contributed by atoms with E-state index in [0.717, 1.165) is 36.4 Å². The zero-order chi connectivity index (χ0) is 23.3. The van der Waals surface area contributed by atoms with Gasteiger partial charge in [-0.15, -0.1) is 0 Å². The van der Waals surface area contributed by atoms with Crippen LogP contribution in [0.4, 0.5) is 0 Å². The van der Waals surface area contributed by atoms with E-state index in [0.29, 0.717) is 24.9 Å². The average Bonchev–Trinajstić information content (AvgIpc) is 3.08. The minimum absolute atomic E-state index is 0.0343.